The molecule has 7 nitrogen and oxygen atoms in total. The number of rotatable bonds is 4. The van der Waals surface area contributed by atoms with Gasteiger partial charge in [0.05, 0.1) is 24.4 Å². The number of aliphatic carboxylic acids is 1. The van der Waals surface area contributed by atoms with Crippen molar-refractivity contribution in [3.63, 3.8) is 0 Å². The molecule has 22 heavy (non-hydrogen) atoms. The van der Waals surface area contributed by atoms with Gasteiger partial charge in [0, 0.05) is 26.1 Å². The van der Waals surface area contributed by atoms with Crippen LogP contribution in [-0.4, -0.2) is 70.5 Å². The molecule has 3 heterocycles. The third-order valence-corrected chi connectivity index (χ3v) is 4.96. The number of aliphatic hydroxyl groups is 1. The number of carboxylic acid groups (broad SMARTS) is 1. The van der Waals surface area contributed by atoms with Gasteiger partial charge in [0.1, 0.15) is 5.70 Å². The Bertz CT molecular complexity index is 569. The zero-order valence-electron chi connectivity index (χ0n) is 12.8. The van der Waals surface area contributed by atoms with Gasteiger partial charge in [-0.3, -0.25) is 9.79 Å². The van der Waals surface area contributed by atoms with Gasteiger partial charge in [-0.2, -0.15) is 0 Å². The molecule has 7 heteroatoms. The number of hydrogen-bond donors (Lipinski definition) is 2. The molecule has 3 rings (SSSR count). The monoisotopic (exact) mass is 307 g/mol. The van der Waals surface area contributed by atoms with Crippen LogP contribution >= 0.6 is 0 Å². The molecule has 0 spiro atoms. The third-order valence-electron chi connectivity index (χ3n) is 4.96. The van der Waals surface area contributed by atoms with E-state index in [1.807, 2.05) is 0 Å². The highest BCUT2D eigenvalue weighted by molar-refractivity contribution is 5.99. The molecule has 2 fully saturated rings. The molecule has 3 aliphatic heterocycles. The first-order valence-corrected chi connectivity index (χ1v) is 7.59. The number of carbonyl (C=O) groups is 2. The first-order chi connectivity index (χ1) is 10.5. The van der Waals surface area contributed by atoms with E-state index in [9.17, 15) is 19.8 Å². The summed E-state index contributed by atoms with van der Waals surface area (Å²) in [4.78, 5) is 31.2. The Morgan fingerprint density at radius 2 is 2.23 bits per heavy atom. The molecule has 0 aromatic rings. The minimum Gasteiger partial charge on any atom is -0.477 e. The second-order valence-electron chi connectivity index (χ2n) is 6.28. The van der Waals surface area contributed by atoms with Gasteiger partial charge in [0.2, 0.25) is 5.91 Å². The lowest BCUT2D eigenvalue weighted by Gasteiger charge is -2.44. The second kappa shape index (κ2) is 5.39. The van der Waals surface area contributed by atoms with Crippen LogP contribution in [0.4, 0.5) is 0 Å². The van der Waals surface area contributed by atoms with Crippen molar-refractivity contribution in [1.29, 1.82) is 0 Å². The molecule has 0 aromatic carbocycles. The van der Waals surface area contributed by atoms with E-state index in [2.05, 4.69) is 9.89 Å². The van der Waals surface area contributed by atoms with Gasteiger partial charge in [-0.1, -0.05) is 0 Å². The van der Waals surface area contributed by atoms with Gasteiger partial charge in [0.15, 0.2) is 0 Å². The highest BCUT2D eigenvalue weighted by Gasteiger charge is 2.57. The lowest BCUT2D eigenvalue weighted by molar-refractivity contribution is -0.161. The van der Waals surface area contributed by atoms with Crippen LogP contribution in [0.15, 0.2) is 16.3 Å². The Balaban J connectivity index is 1.85. The first-order valence-electron chi connectivity index (χ1n) is 7.59. The van der Waals surface area contributed by atoms with Gasteiger partial charge < -0.3 is 20.0 Å². The summed E-state index contributed by atoms with van der Waals surface area (Å²) < 4.78 is 0. The molecule has 0 radical (unpaired) electrons. The maximum atomic E-state index is 12.2. The lowest BCUT2D eigenvalue weighted by Crippen LogP contribution is -2.61. The number of hydrogen-bond acceptors (Lipinski definition) is 4. The molecule has 3 aliphatic rings. The van der Waals surface area contributed by atoms with Crippen molar-refractivity contribution < 1.29 is 19.8 Å². The molecule has 1 amide bonds. The predicted octanol–water partition coefficient (Wildman–Crippen LogP) is -0.0834. The van der Waals surface area contributed by atoms with Gasteiger partial charge in [-0.15, -0.1) is 0 Å². The molecular weight excluding hydrogens is 286 g/mol. The molecule has 2 saturated heterocycles. The summed E-state index contributed by atoms with van der Waals surface area (Å²) in [7, 11) is 1.71. The molecule has 0 aromatic heterocycles. The van der Waals surface area contributed by atoms with Crippen LogP contribution < -0.4 is 0 Å². The maximum absolute atomic E-state index is 12.2. The van der Waals surface area contributed by atoms with Crippen molar-refractivity contribution in [2.45, 2.75) is 31.9 Å². The zero-order valence-corrected chi connectivity index (χ0v) is 12.8. The SMILES string of the molecule is C/N=C/N1CC[C@@H](C2=C(C(=O)O)N3C(=O)[C@H]([C@@H](C)O)[C@H]3C2)C1. The number of carbonyl (C=O) groups excluding carboxylic acids is 1. The summed E-state index contributed by atoms with van der Waals surface area (Å²) in [5, 5.41) is 19.3. The summed E-state index contributed by atoms with van der Waals surface area (Å²) in [6.07, 6.45) is 2.46. The fourth-order valence-corrected chi connectivity index (χ4v) is 4.01. The van der Waals surface area contributed by atoms with Crippen LogP contribution in [0.25, 0.3) is 0 Å². The van der Waals surface area contributed by atoms with Crippen molar-refractivity contribution in [2.75, 3.05) is 20.1 Å². The number of nitrogens with zero attached hydrogens (tertiary/aromatic N) is 3. The molecule has 0 aliphatic carbocycles. The molecule has 0 unspecified atom stereocenters. The summed E-state index contributed by atoms with van der Waals surface area (Å²) in [6, 6.07) is -0.192. The Morgan fingerprint density at radius 1 is 1.50 bits per heavy atom. The van der Waals surface area contributed by atoms with Gasteiger partial charge >= 0.3 is 5.97 Å². The van der Waals surface area contributed by atoms with Crippen molar-refractivity contribution in [3.8, 4) is 0 Å². The van der Waals surface area contributed by atoms with Crippen LogP contribution in [0, 0.1) is 11.8 Å². The smallest absolute Gasteiger partial charge is 0.352 e. The molecule has 120 valence electrons. The van der Waals surface area contributed by atoms with Crippen LogP contribution in [0.3, 0.4) is 0 Å². The van der Waals surface area contributed by atoms with Crippen molar-refractivity contribution in [1.82, 2.24) is 9.80 Å². The highest BCUT2D eigenvalue weighted by atomic mass is 16.4. The van der Waals surface area contributed by atoms with E-state index in [-0.39, 0.29) is 23.6 Å². The quantitative estimate of drug-likeness (QED) is 0.430. The number of aliphatic imine (C=N–C) groups is 1. The Labute approximate surface area is 128 Å². The lowest BCUT2D eigenvalue weighted by atomic mass is 9.82. The largest absolute Gasteiger partial charge is 0.477 e. The summed E-state index contributed by atoms with van der Waals surface area (Å²) >= 11 is 0. The summed E-state index contributed by atoms with van der Waals surface area (Å²) in [5.74, 6) is -1.64. The van der Waals surface area contributed by atoms with Crippen LogP contribution in [-0.2, 0) is 9.59 Å². The van der Waals surface area contributed by atoms with Gasteiger partial charge in [-0.25, -0.2) is 4.79 Å². The fourth-order valence-electron chi connectivity index (χ4n) is 4.01. The van der Waals surface area contributed by atoms with E-state index >= 15 is 0 Å². The number of β-lactam (4-membered cyclic amide) rings is 1. The van der Waals surface area contributed by atoms with Crippen LogP contribution in [0.2, 0.25) is 0 Å². The number of carboxylic acids is 1. The third kappa shape index (κ3) is 2.11. The van der Waals surface area contributed by atoms with E-state index in [0.29, 0.717) is 6.42 Å². The van der Waals surface area contributed by atoms with E-state index in [1.54, 1.807) is 20.3 Å². The first kappa shape index (κ1) is 15.0. The van der Waals surface area contributed by atoms with Gasteiger partial charge in [0.25, 0.3) is 0 Å². The summed E-state index contributed by atoms with van der Waals surface area (Å²) in [5.41, 5.74) is 0.994. The van der Waals surface area contributed by atoms with E-state index in [0.717, 1.165) is 25.1 Å². The average Bonchev–Trinajstić information content (AvgIpc) is 3.00. The van der Waals surface area contributed by atoms with E-state index < -0.39 is 18.0 Å². The van der Waals surface area contributed by atoms with Crippen molar-refractivity contribution >= 4 is 18.2 Å². The number of fused-ring (bicyclic) bond motifs is 1. The molecule has 2 N–H and O–H groups in total. The zero-order chi connectivity index (χ0) is 16.0. The van der Waals surface area contributed by atoms with Crippen molar-refractivity contribution in [3.05, 3.63) is 11.3 Å². The van der Waals surface area contributed by atoms with Crippen molar-refractivity contribution in [2.24, 2.45) is 16.8 Å². The topological polar surface area (TPSA) is 93.4 Å². The Morgan fingerprint density at radius 3 is 2.82 bits per heavy atom. The molecular formula is C15H21N3O4. The molecule has 4 atom stereocenters. The van der Waals surface area contributed by atoms with Crippen LogP contribution in [0.5, 0.6) is 0 Å². The number of amides is 1. The average molecular weight is 307 g/mol. The predicted molar refractivity (Wildman–Crippen MR) is 79.2 cm³/mol. The normalized spacial score (nSPS) is 32.7. The maximum Gasteiger partial charge on any atom is 0.352 e. The second-order valence-corrected chi connectivity index (χ2v) is 6.28. The number of aliphatic hydroxyl groups excluding tert-OH is 1. The Kier molecular flexibility index (Phi) is 3.68. The van der Waals surface area contributed by atoms with Gasteiger partial charge in [-0.05, 0) is 25.3 Å². The van der Waals surface area contributed by atoms with Crippen LogP contribution in [0.1, 0.15) is 19.8 Å². The summed E-state index contributed by atoms with van der Waals surface area (Å²) in [6.45, 7) is 3.17. The van der Waals surface area contributed by atoms with E-state index in [1.165, 1.54) is 4.90 Å². The number of likely N-dealkylation sites (tertiary alicyclic amines) is 1. The Hall–Kier alpha value is -1.89. The standard InChI is InChI=1S/C15H21N3O4/c1-8(19)12-11-5-10(9-3-4-17(6-9)7-16-2)13(15(21)22)18(11)14(12)20/h7-9,11-12,19H,3-6H2,1-2H3,(H,21,22)/b16-7+/t8-,9-,11-,12-/m1/s1. The molecule has 0 bridgehead atoms. The highest BCUT2D eigenvalue weighted by Crippen LogP contribution is 2.47. The minimum atomic E-state index is -1.04. The van der Waals surface area contributed by atoms with E-state index in [4.69, 9.17) is 0 Å². The minimum absolute atomic E-state index is 0.136. The molecule has 0 saturated carbocycles. The fraction of sp³-hybridized carbons (Fsp3) is 0.667.